The van der Waals surface area contributed by atoms with Gasteiger partial charge in [-0.1, -0.05) is 36.4 Å². The summed E-state index contributed by atoms with van der Waals surface area (Å²) in [6, 6.07) is 9.24. The van der Waals surface area contributed by atoms with Crippen LogP contribution < -0.4 is 0 Å². The van der Waals surface area contributed by atoms with Gasteiger partial charge in [0.25, 0.3) is 0 Å². The fourth-order valence-electron chi connectivity index (χ4n) is 5.20. The number of hydrogen-bond donors (Lipinski definition) is 1. The Morgan fingerprint density at radius 2 is 1.83 bits per heavy atom. The molecule has 11 heteroatoms. The topological polar surface area (TPSA) is 144 Å². The molecule has 1 fully saturated rings. The average molecular weight is 589 g/mol. The minimum atomic E-state index is -1.40. The van der Waals surface area contributed by atoms with Crippen LogP contribution in [-0.2, 0) is 54.2 Å². The smallest absolute Gasteiger partial charge is 0.303 e. The van der Waals surface area contributed by atoms with E-state index in [1.54, 1.807) is 26.0 Å². The van der Waals surface area contributed by atoms with Gasteiger partial charge >= 0.3 is 17.9 Å². The lowest BCUT2D eigenvalue weighted by Gasteiger charge is -2.38. The van der Waals surface area contributed by atoms with E-state index in [1.807, 2.05) is 30.3 Å². The summed E-state index contributed by atoms with van der Waals surface area (Å²) in [4.78, 5) is 48.8. The molecule has 0 amide bonds. The van der Waals surface area contributed by atoms with E-state index in [1.165, 1.54) is 26.8 Å². The van der Waals surface area contributed by atoms with Gasteiger partial charge in [0.2, 0.25) is 0 Å². The van der Waals surface area contributed by atoms with Crippen LogP contribution in [0, 0.1) is 0 Å². The number of benzene rings is 1. The number of aliphatic hydroxyl groups excluding tert-OH is 1. The normalized spacial score (nSPS) is 29.3. The highest BCUT2D eigenvalue weighted by atomic mass is 16.6. The van der Waals surface area contributed by atoms with Gasteiger partial charge in [0, 0.05) is 27.2 Å². The Kier molecular flexibility index (Phi) is 11.2. The fraction of sp³-hybridized carbons (Fsp3) is 0.548. The summed E-state index contributed by atoms with van der Waals surface area (Å²) in [7, 11) is 0. The van der Waals surface area contributed by atoms with Gasteiger partial charge in [-0.2, -0.15) is 0 Å². The molecular formula is C31H40O11. The van der Waals surface area contributed by atoms with Crippen LogP contribution in [0.5, 0.6) is 0 Å². The Labute approximate surface area is 245 Å². The van der Waals surface area contributed by atoms with Gasteiger partial charge in [0.05, 0.1) is 18.3 Å². The zero-order chi connectivity index (χ0) is 31.1. The highest BCUT2D eigenvalue weighted by molar-refractivity contribution is 5.95. The molecule has 3 rings (SSSR count). The van der Waals surface area contributed by atoms with Gasteiger partial charge in [0.1, 0.15) is 30.5 Å². The molecule has 0 aromatic heterocycles. The van der Waals surface area contributed by atoms with Crippen LogP contribution in [0.15, 0.2) is 55.1 Å². The zero-order valence-corrected chi connectivity index (χ0v) is 24.6. The molecule has 0 aliphatic carbocycles. The van der Waals surface area contributed by atoms with Crippen molar-refractivity contribution >= 4 is 23.7 Å². The SMILES string of the molecule is C=CC[C@]1(C)C=CC(=O)C([C@@H](OC(C)=O)C2OC(CC(C)(COC(C)=O)OC(C)=O)C(OCc3ccccc3)C2O)O1. The molecular weight excluding hydrogens is 548 g/mol. The van der Waals surface area contributed by atoms with Crippen molar-refractivity contribution in [1.82, 2.24) is 0 Å². The highest BCUT2D eigenvalue weighted by Crippen LogP contribution is 2.37. The largest absolute Gasteiger partial charge is 0.462 e. The first-order valence-electron chi connectivity index (χ1n) is 13.8. The first kappa shape index (κ1) is 33.1. The van der Waals surface area contributed by atoms with Crippen molar-refractivity contribution in [2.24, 2.45) is 0 Å². The van der Waals surface area contributed by atoms with Crippen molar-refractivity contribution in [3.63, 3.8) is 0 Å². The molecule has 42 heavy (non-hydrogen) atoms. The summed E-state index contributed by atoms with van der Waals surface area (Å²) in [5.74, 6) is -2.37. The number of carbonyl (C=O) groups is 4. The minimum absolute atomic E-state index is 0.0623. The van der Waals surface area contributed by atoms with Crippen molar-refractivity contribution in [1.29, 1.82) is 0 Å². The standard InChI is InChI=1S/C31H40O11/c1-7-14-30(5)15-13-23(35)26(42-30)29(39-20(3)33)28-25(36)27(37-17-22-11-9-8-10-12-22)24(40-28)16-31(6,41-21(4)34)18-38-19(2)32/h7-13,15,24-29,36H,1,14,16-18H2,2-6H3/t24?,25?,26?,27?,28?,29-,30-,31?/m1/s1. The first-order valence-corrected chi connectivity index (χ1v) is 13.8. The average Bonchev–Trinajstić information content (AvgIpc) is 3.20. The lowest BCUT2D eigenvalue weighted by molar-refractivity contribution is -0.193. The second-order valence-electron chi connectivity index (χ2n) is 11.1. The van der Waals surface area contributed by atoms with Gasteiger partial charge in [-0.15, -0.1) is 6.58 Å². The molecule has 1 saturated heterocycles. The number of rotatable bonds is 13. The molecule has 0 bridgehead atoms. The summed E-state index contributed by atoms with van der Waals surface area (Å²) >= 11 is 0. The van der Waals surface area contributed by atoms with Gasteiger partial charge in [-0.05, 0) is 38.0 Å². The Hall–Kier alpha value is -3.38. The van der Waals surface area contributed by atoms with Crippen molar-refractivity contribution in [2.45, 2.75) is 102 Å². The van der Waals surface area contributed by atoms with E-state index in [0.29, 0.717) is 6.42 Å². The number of carbonyl (C=O) groups excluding carboxylic acids is 4. The number of esters is 3. The Morgan fingerprint density at radius 1 is 1.14 bits per heavy atom. The van der Waals surface area contributed by atoms with E-state index in [9.17, 15) is 24.3 Å². The van der Waals surface area contributed by atoms with Crippen molar-refractivity contribution in [3.8, 4) is 0 Å². The lowest BCUT2D eigenvalue weighted by atomic mass is 9.90. The zero-order valence-electron chi connectivity index (χ0n) is 24.6. The van der Waals surface area contributed by atoms with E-state index in [-0.39, 0.29) is 19.6 Å². The molecule has 6 unspecified atom stereocenters. The molecule has 1 N–H and O–H groups in total. The molecule has 1 aromatic rings. The monoisotopic (exact) mass is 588 g/mol. The van der Waals surface area contributed by atoms with E-state index in [2.05, 4.69) is 6.58 Å². The Morgan fingerprint density at radius 3 is 2.43 bits per heavy atom. The fourth-order valence-corrected chi connectivity index (χ4v) is 5.20. The van der Waals surface area contributed by atoms with Gasteiger partial charge in [-0.3, -0.25) is 19.2 Å². The van der Waals surface area contributed by atoms with Crippen LogP contribution in [0.1, 0.15) is 53.0 Å². The summed E-state index contributed by atoms with van der Waals surface area (Å²) in [5, 5.41) is 11.6. The summed E-state index contributed by atoms with van der Waals surface area (Å²) in [6.45, 7) is 10.5. The van der Waals surface area contributed by atoms with Crippen LogP contribution >= 0.6 is 0 Å². The Bertz CT molecular complexity index is 1160. The number of aliphatic hydroxyl groups is 1. The third-order valence-electron chi connectivity index (χ3n) is 7.01. The molecule has 0 spiro atoms. The number of ether oxygens (including phenoxy) is 6. The van der Waals surface area contributed by atoms with E-state index >= 15 is 0 Å². The van der Waals surface area contributed by atoms with Crippen molar-refractivity contribution in [3.05, 3.63) is 60.7 Å². The second kappa shape index (κ2) is 14.2. The van der Waals surface area contributed by atoms with Crippen LogP contribution in [0.25, 0.3) is 0 Å². The molecule has 2 aliphatic heterocycles. The maximum Gasteiger partial charge on any atom is 0.303 e. The van der Waals surface area contributed by atoms with Crippen LogP contribution in [0.2, 0.25) is 0 Å². The lowest BCUT2D eigenvalue weighted by Crippen LogP contribution is -2.54. The predicted molar refractivity (Wildman–Crippen MR) is 149 cm³/mol. The third-order valence-corrected chi connectivity index (χ3v) is 7.01. The quantitative estimate of drug-likeness (QED) is 0.206. The van der Waals surface area contributed by atoms with E-state index in [0.717, 1.165) is 5.56 Å². The van der Waals surface area contributed by atoms with Crippen molar-refractivity contribution in [2.75, 3.05) is 6.61 Å². The maximum absolute atomic E-state index is 13.0. The first-order chi connectivity index (χ1) is 19.8. The van der Waals surface area contributed by atoms with Gasteiger partial charge < -0.3 is 33.5 Å². The minimum Gasteiger partial charge on any atom is -0.462 e. The summed E-state index contributed by atoms with van der Waals surface area (Å²) in [5.41, 5.74) is -1.45. The molecule has 1 aromatic carbocycles. The molecule has 2 aliphatic rings. The van der Waals surface area contributed by atoms with Crippen LogP contribution in [-0.4, -0.2) is 83.2 Å². The highest BCUT2D eigenvalue weighted by Gasteiger charge is 2.55. The van der Waals surface area contributed by atoms with Crippen molar-refractivity contribution < 1.29 is 52.7 Å². The Balaban J connectivity index is 1.96. The summed E-state index contributed by atoms with van der Waals surface area (Å²) < 4.78 is 34.8. The van der Waals surface area contributed by atoms with Gasteiger partial charge in [-0.25, -0.2) is 0 Å². The molecule has 11 nitrogen and oxygen atoms in total. The maximum atomic E-state index is 13.0. The predicted octanol–water partition coefficient (Wildman–Crippen LogP) is 2.77. The molecule has 2 heterocycles. The van der Waals surface area contributed by atoms with Crippen LogP contribution in [0.4, 0.5) is 0 Å². The number of ketones is 1. The molecule has 0 saturated carbocycles. The van der Waals surface area contributed by atoms with E-state index < -0.39 is 71.5 Å². The molecule has 0 radical (unpaired) electrons. The molecule has 230 valence electrons. The second-order valence-corrected chi connectivity index (χ2v) is 11.1. The van der Waals surface area contributed by atoms with Gasteiger partial charge in [0.15, 0.2) is 18.0 Å². The third kappa shape index (κ3) is 8.81. The van der Waals surface area contributed by atoms with Crippen LogP contribution in [0.3, 0.4) is 0 Å². The van der Waals surface area contributed by atoms with E-state index in [4.69, 9.17) is 28.4 Å². The number of hydrogen-bond acceptors (Lipinski definition) is 11. The molecule has 8 atom stereocenters. The summed E-state index contributed by atoms with van der Waals surface area (Å²) in [6.07, 6.45) is -2.35.